The van der Waals surface area contributed by atoms with Gasteiger partial charge in [0.25, 0.3) is 0 Å². The Balaban J connectivity index is 0.000000291. The van der Waals surface area contributed by atoms with E-state index in [1.165, 1.54) is 0 Å². The van der Waals surface area contributed by atoms with E-state index in [0.29, 0.717) is 5.92 Å². The molecule has 0 bridgehead atoms. The molecule has 0 atom stereocenters. The van der Waals surface area contributed by atoms with E-state index >= 15 is 0 Å². The summed E-state index contributed by atoms with van der Waals surface area (Å²) in [6, 6.07) is 11.4. The number of aldehydes is 1. The number of aromatic amines is 1. The smallest absolute Gasteiger partial charge is 0.416 e. The molecule has 2 aliphatic rings. The zero-order chi connectivity index (χ0) is 24.3. The largest absolute Gasteiger partial charge is 0.490 e. The number of alkyl halides is 3. The van der Waals surface area contributed by atoms with Crippen molar-refractivity contribution in [2.75, 3.05) is 19.0 Å². The molecule has 1 heterocycles. The lowest BCUT2D eigenvalue weighted by Gasteiger charge is -2.35. The van der Waals surface area contributed by atoms with Crippen LogP contribution < -0.4 is 10.1 Å². The number of halogens is 3. The minimum atomic E-state index is -4.28. The number of anilines is 1. The van der Waals surface area contributed by atoms with Crippen molar-refractivity contribution in [1.82, 2.24) is 4.98 Å². The van der Waals surface area contributed by atoms with E-state index in [9.17, 15) is 18.0 Å². The minimum absolute atomic E-state index is 0.0942. The van der Waals surface area contributed by atoms with E-state index in [4.69, 9.17) is 9.84 Å². The molecule has 2 fully saturated rings. The predicted octanol–water partition coefficient (Wildman–Crippen LogP) is 5.76. The van der Waals surface area contributed by atoms with Crippen molar-refractivity contribution < 1.29 is 27.8 Å². The maximum atomic E-state index is 12.6. The molecular formula is C26H29F3N2O3. The van der Waals surface area contributed by atoms with Gasteiger partial charge in [0.1, 0.15) is 12.0 Å². The van der Waals surface area contributed by atoms with Crippen molar-refractivity contribution in [3.8, 4) is 5.75 Å². The maximum Gasteiger partial charge on any atom is 0.416 e. The van der Waals surface area contributed by atoms with Crippen LogP contribution >= 0.6 is 0 Å². The number of carbonyl (C=O) groups is 1. The number of aliphatic hydroxyl groups is 1. The number of aromatic nitrogens is 1. The van der Waals surface area contributed by atoms with Gasteiger partial charge in [0.15, 0.2) is 0 Å². The standard InChI is InChI=1S/C20H19F3N2O.C6H10O2/c1-24-19-11-25-18-7-6-15(10-17(18)19)26-16-8-13(9-16)12-2-4-14(5-3-12)20(21,22)23;7-3-5-1-6(2-5)4-8/h2-7,10-11,13,16,24-25H,8-9H2,1H3;3,5-6,8H,1-2,4H2. The van der Waals surface area contributed by atoms with E-state index < -0.39 is 11.7 Å². The number of aliphatic hydroxyl groups excluding tert-OH is 1. The summed E-state index contributed by atoms with van der Waals surface area (Å²) < 4.78 is 43.9. The van der Waals surface area contributed by atoms with Crippen LogP contribution in [-0.4, -0.2) is 36.1 Å². The second-order valence-electron chi connectivity index (χ2n) is 9.10. The normalized spacial score (nSPS) is 23.8. The summed E-state index contributed by atoms with van der Waals surface area (Å²) in [4.78, 5) is 13.2. The lowest BCUT2D eigenvalue weighted by molar-refractivity contribution is -0.137. The predicted molar refractivity (Wildman–Crippen MR) is 125 cm³/mol. The topological polar surface area (TPSA) is 74.3 Å². The summed E-state index contributed by atoms with van der Waals surface area (Å²) in [5.74, 6) is 1.74. The number of nitrogens with one attached hydrogen (secondary N) is 2. The first-order chi connectivity index (χ1) is 16.3. The summed E-state index contributed by atoms with van der Waals surface area (Å²) in [5, 5.41) is 12.7. The number of H-pyrrole nitrogens is 1. The number of carbonyl (C=O) groups excluding carboxylic acids is 1. The molecule has 8 heteroatoms. The van der Waals surface area contributed by atoms with Crippen LogP contribution in [0.1, 0.15) is 42.7 Å². The molecule has 3 N–H and O–H groups in total. The number of benzene rings is 2. The number of hydrogen-bond acceptors (Lipinski definition) is 4. The third kappa shape index (κ3) is 5.38. The maximum absolute atomic E-state index is 12.6. The highest BCUT2D eigenvalue weighted by Gasteiger charge is 2.34. The minimum Gasteiger partial charge on any atom is -0.490 e. The molecule has 0 aliphatic heterocycles. The van der Waals surface area contributed by atoms with Gasteiger partial charge in [-0.3, -0.25) is 0 Å². The molecule has 2 aromatic carbocycles. The van der Waals surface area contributed by atoms with Crippen molar-refractivity contribution >= 4 is 22.9 Å². The van der Waals surface area contributed by atoms with E-state index in [0.717, 1.165) is 72.0 Å². The fourth-order valence-electron chi connectivity index (χ4n) is 4.50. The molecule has 182 valence electrons. The highest BCUT2D eigenvalue weighted by molar-refractivity contribution is 5.93. The summed E-state index contributed by atoms with van der Waals surface area (Å²) >= 11 is 0. The Morgan fingerprint density at radius 1 is 1.12 bits per heavy atom. The molecule has 2 saturated carbocycles. The number of rotatable bonds is 6. The zero-order valence-electron chi connectivity index (χ0n) is 18.9. The van der Waals surface area contributed by atoms with Crippen molar-refractivity contribution in [3.63, 3.8) is 0 Å². The van der Waals surface area contributed by atoms with Gasteiger partial charge in [0.2, 0.25) is 0 Å². The molecule has 34 heavy (non-hydrogen) atoms. The Bertz CT molecular complexity index is 1100. The van der Waals surface area contributed by atoms with Gasteiger partial charge in [-0.1, -0.05) is 12.1 Å². The van der Waals surface area contributed by atoms with Crippen LogP contribution in [0.15, 0.2) is 48.7 Å². The molecule has 0 saturated heterocycles. The Morgan fingerprint density at radius 2 is 1.82 bits per heavy atom. The Labute approximate surface area is 196 Å². The van der Waals surface area contributed by atoms with Gasteiger partial charge in [-0.05, 0) is 73.4 Å². The third-order valence-corrected chi connectivity index (χ3v) is 6.75. The molecule has 0 unspecified atom stereocenters. The quantitative estimate of drug-likeness (QED) is 0.397. The van der Waals surface area contributed by atoms with Crippen LogP contribution in [0.2, 0.25) is 0 Å². The van der Waals surface area contributed by atoms with Gasteiger partial charge in [-0.25, -0.2) is 0 Å². The van der Waals surface area contributed by atoms with Gasteiger partial charge in [-0.15, -0.1) is 0 Å². The average molecular weight is 475 g/mol. The number of hydrogen-bond donors (Lipinski definition) is 3. The van der Waals surface area contributed by atoms with Crippen molar-refractivity contribution in [1.29, 1.82) is 0 Å². The van der Waals surface area contributed by atoms with Gasteiger partial charge in [-0.2, -0.15) is 13.2 Å². The highest BCUT2D eigenvalue weighted by Crippen LogP contribution is 2.41. The first kappa shape index (κ1) is 24.1. The van der Waals surface area contributed by atoms with Gasteiger partial charge >= 0.3 is 6.18 Å². The third-order valence-electron chi connectivity index (χ3n) is 6.75. The molecule has 0 amide bonds. The second kappa shape index (κ2) is 10.1. The van der Waals surface area contributed by atoms with Crippen LogP contribution in [0.4, 0.5) is 18.9 Å². The monoisotopic (exact) mass is 474 g/mol. The van der Waals surface area contributed by atoms with E-state index in [1.807, 2.05) is 31.4 Å². The molecule has 5 rings (SSSR count). The molecule has 3 aromatic rings. The first-order valence-electron chi connectivity index (χ1n) is 11.5. The fraction of sp³-hybridized carbons (Fsp3) is 0.423. The Kier molecular flexibility index (Phi) is 7.16. The van der Waals surface area contributed by atoms with Crippen molar-refractivity contribution in [3.05, 3.63) is 59.8 Å². The summed E-state index contributed by atoms with van der Waals surface area (Å²) in [6.45, 7) is 0.254. The molecule has 2 aliphatic carbocycles. The molecule has 0 spiro atoms. The highest BCUT2D eigenvalue weighted by atomic mass is 19.4. The van der Waals surface area contributed by atoms with Crippen LogP contribution in [-0.2, 0) is 11.0 Å². The lowest BCUT2D eigenvalue weighted by Crippen LogP contribution is -2.32. The molecule has 1 aromatic heterocycles. The molecular weight excluding hydrogens is 445 g/mol. The average Bonchev–Trinajstić information content (AvgIpc) is 3.18. The van der Waals surface area contributed by atoms with E-state index in [2.05, 4.69) is 10.3 Å². The SMILES string of the molecule is CNc1c[nH]c2ccc(OC3CC(c4ccc(C(F)(F)F)cc4)C3)cc12.O=CC1CC(CO)C1. The molecule has 5 nitrogen and oxygen atoms in total. The number of ether oxygens (including phenoxy) is 1. The first-order valence-corrected chi connectivity index (χ1v) is 11.5. The number of fused-ring (bicyclic) bond motifs is 1. The van der Waals surface area contributed by atoms with Crippen LogP contribution in [0, 0.1) is 11.8 Å². The Hall–Kier alpha value is -3.00. The van der Waals surface area contributed by atoms with Crippen molar-refractivity contribution in [2.45, 2.75) is 43.9 Å². The van der Waals surface area contributed by atoms with Gasteiger partial charge in [0.05, 0.1) is 17.4 Å². The van der Waals surface area contributed by atoms with Crippen LogP contribution in [0.3, 0.4) is 0 Å². The molecule has 0 radical (unpaired) electrons. The second-order valence-corrected chi connectivity index (χ2v) is 9.10. The summed E-state index contributed by atoms with van der Waals surface area (Å²) in [5.41, 5.74) is 2.39. The van der Waals surface area contributed by atoms with E-state index in [-0.39, 0.29) is 24.5 Å². The van der Waals surface area contributed by atoms with Gasteiger partial charge < -0.3 is 24.9 Å². The van der Waals surface area contributed by atoms with Crippen LogP contribution in [0.5, 0.6) is 5.75 Å². The van der Waals surface area contributed by atoms with Crippen LogP contribution in [0.25, 0.3) is 10.9 Å². The summed E-state index contributed by atoms with van der Waals surface area (Å²) in [7, 11) is 1.87. The lowest BCUT2D eigenvalue weighted by atomic mass is 9.76. The Morgan fingerprint density at radius 3 is 2.41 bits per heavy atom. The fourth-order valence-corrected chi connectivity index (χ4v) is 4.50. The van der Waals surface area contributed by atoms with E-state index in [1.54, 1.807) is 12.1 Å². The summed E-state index contributed by atoms with van der Waals surface area (Å²) in [6.07, 6.45) is 2.14. The van der Waals surface area contributed by atoms with Gasteiger partial charge in [0, 0.05) is 36.7 Å². The van der Waals surface area contributed by atoms with Crippen molar-refractivity contribution in [2.24, 2.45) is 11.8 Å². The zero-order valence-corrected chi connectivity index (χ0v) is 18.9.